The fourth-order valence-corrected chi connectivity index (χ4v) is 4.37. The van der Waals surface area contributed by atoms with Gasteiger partial charge in [-0.15, -0.1) is 0 Å². The number of rotatable bonds is 8. The van der Waals surface area contributed by atoms with Crippen LogP contribution in [-0.2, 0) is 22.6 Å². The molecule has 4 rings (SSSR count). The van der Waals surface area contributed by atoms with E-state index in [0.717, 1.165) is 28.1 Å². The maximum absolute atomic E-state index is 13.6. The largest absolute Gasteiger partial charge is 0.332 e. The standard InChI is InChI=1S/C27H30N6O2/c1-18-25(20(3)33-27(30-18)28-17-29-33)13-14-26(35)32(16-22-9-6-5-7-10-22)19(2)23-11-8-12-24(15-23)31-21(4)34/h5-12,15,17,19H,13-14,16H2,1-4H3,(H,31,34). The molecule has 2 amide bonds. The highest BCUT2D eigenvalue weighted by Gasteiger charge is 2.23. The van der Waals surface area contributed by atoms with Gasteiger partial charge < -0.3 is 10.2 Å². The van der Waals surface area contributed by atoms with Crippen molar-refractivity contribution < 1.29 is 9.59 Å². The SMILES string of the molecule is CC(=O)Nc1cccc(C(C)N(Cc2ccccc2)C(=O)CCc2c(C)nc3ncnn3c2C)c1. The van der Waals surface area contributed by atoms with Crippen LogP contribution in [0.5, 0.6) is 0 Å². The summed E-state index contributed by atoms with van der Waals surface area (Å²) in [6.45, 7) is 7.92. The number of carbonyl (C=O) groups excluding carboxylic acids is 2. The molecule has 0 aliphatic carbocycles. The van der Waals surface area contributed by atoms with Crippen LogP contribution in [0.2, 0.25) is 0 Å². The first-order chi connectivity index (χ1) is 16.8. The van der Waals surface area contributed by atoms with E-state index in [-0.39, 0.29) is 17.9 Å². The summed E-state index contributed by atoms with van der Waals surface area (Å²) in [5, 5.41) is 7.08. The number of aromatic nitrogens is 4. The molecule has 2 heterocycles. The van der Waals surface area contributed by atoms with Crippen molar-refractivity contribution >= 4 is 23.3 Å². The fourth-order valence-electron chi connectivity index (χ4n) is 4.37. The molecule has 35 heavy (non-hydrogen) atoms. The molecule has 8 nitrogen and oxygen atoms in total. The van der Waals surface area contributed by atoms with Crippen molar-refractivity contribution in [3.05, 3.63) is 89.0 Å². The number of nitrogens with one attached hydrogen (secondary N) is 1. The average Bonchev–Trinajstić information content (AvgIpc) is 3.31. The van der Waals surface area contributed by atoms with Crippen LogP contribution in [0.1, 0.15) is 54.4 Å². The van der Waals surface area contributed by atoms with Crippen LogP contribution >= 0.6 is 0 Å². The molecule has 0 fully saturated rings. The maximum atomic E-state index is 13.6. The molecule has 0 spiro atoms. The van der Waals surface area contributed by atoms with Gasteiger partial charge in [-0.25, -0.2) is 9.50 Å². The summed E-state index contributed by atoms with van der Waals surface area (Å²) in [5.74, 6) is 0.480. The van der Waals surface area contributed by atoms with Gasteiger partial charge in [-0.2, -0.15) is 10.1 Å². The lowest BCUT2D eigenvalue weighted by atomic mass is 10.0. The minimum Gasteiger partial charge on any atom is -0.332 e. The first-order valence-electron chi connectivity index (χ1n) is 11.7. The van der Waals surface area contributed by atoms with Crippen LogP contribution in [0.3, 0.4) is 0 Å². The second-order valence-electron chi connectivity index (χ2n) is 8.72. The van der Waals surface area contributed by atoms with E-state index in [9.17, 15) is 9.59 Å². The zero-order valence-corrected chi connectivity index (χ0v) is 20.5. The van der Waals surface area contributed by atoms with Crippen LogP contribution in [-0.4, -0.2) is 36.3 Å². The summed E-state index contributed by atoms with van der Waals surface area (Å²) < 4.78 is 1.71. The van der Waals surface area contributed by atoms with Gasteiger partial charge in [0, 0.05) is 37.0 Å². The van der Waals surface area contributed by atoms with E-state index in [4.69, 9.17) is 0 Å². The smallest absolute Gasteiger partial charge is 0.252 e. The second kappa shape index (κ2) is 10.5. The molecular formula is C27H30N6O2. The first kappa shape index (κ1) is 24.1. The van der Waals surface area contributed by atoms with E-state index in [1.165, 1.54) is 13.3 Å². The molecule has 0 saturated carbocycles. The van der Waals surface area contributed by atoms with E-state index >= 15 is 0 Å². The summed E-state index contributed by atoms with van der Waals surface area (Å²) >= 11 is 0. The van der Waals surface area contributed by atoms with Crippen molar-refractivity contribution in [1.29, 1.82) is 0 Å². The molecule has 2 aromatic carbocycles. The molecule has 1 unspecified atom stereocenters. The number of carbonyl (C=O) groups is 2. The van der Waals surface area contributed by atoms with Crippen LogP contribution in [0, 0.1) is 13.8 Å². The summed E-state index contributed by atoms with van der Waals surface area (Å²) in [6.07, 6.45) is 2.39. The van der Waals surface area contributed by atoms with Crippen LogP contribution < -0.4 is 5.32 Å². The number of anilines is 1. The van der Waals surface area contributed by atoms with Crippen LogP contribution in [0.25, 0.3) is 5.78 Å². The van der Waals surface area contributed by atoms with E-state index < -0.39 is 0 Å². The Morgan fingerprint density at radius 3 is 2.60 bits per heavy atom. The molecule has 0 aliphatic heterocycles. The Bertz CT molecular complexity index is 1350. The summed E-state index contributed by atoms with van der Waals surface area (Å²) in [7, 11) is 0. The zero-order valence-electron chi connectivity index (χ0n) is 20.5. The van der Waals surface area contributed by atoms with Crippen molar-refractivity contribution in [3.63, 3.8) is 0 Å². The van der Waals surface area contributed by atoms with Crippen molar-refractivity contribution in [2.45, 2.75) is 53.1 Å². The molecule has 0 saturated heterocycles. The minimum atomic E-state index is -0.186. The predicted octanol–water partition coefficient (Wildman–Crippen LogP) is 4.42. The van der Waals surface area contributed by atoms with Crippen LogP contribution in [0.15, 0.2) is 60.9 Å². The number of hydrogen-bond acceptors (Lipinski definition) is 5. The zero-order chi connectivity index (χ0) is 24.9. The van der Waals surface area contributed by atoms with E-state index in [1.807, 2.05) is 80.3 Å². The van der Waals surface area contributed by atoms with Crippen molar-refractivity contribution in [2.24, 2.45) is 0 Å². The van der Waals surface area contributed by atoms with Gasteiger partial charge in [0.05, 0.1) is 6.04 Å². The topological polar surface area (TPSA) is 92.5 Å². The number of amides is 2. The monoisotopic (exact) mass is 470 g/mol. The molecule has 0 aliphatic rings. The lowest BCUT2D eigenvalue weighted by Crippen LogP contribution is -2.33. The summed E-state index contributed by atoms with van der Waals surface area (Å²) in [6, 6.07) is 17.4. The predicted molar refractivity (Wildman–Crippen MR) is 135 cm³/mol. The van der Waals surface area contributed by atoms with Crippen molar-refractivity contribution in [2.75, 3.05) is 5.32 Å². The number of aryl methyl sites for hydroxylation is 2. The Hall–Kier alpha value is -4.07. The van der Waals surface area contributed by atoms with Crippen molar-refractivity contribution in [1.82, 2.24) is 24.5 Å². The molecule has 1 N–H and O–H groups in total. The number of nitrogens with zero attached hydrogens (tertiary/aromatic N) is 5. The van der Waals surface area contributed by atoms with Gasteiger partial charge in [-0.3, -0.25) is 9.59 Å². The Morgan fingerprint density at radius 1 is 1.09 bits per heavy atom. The quantitative estimate of drug-likeness (QED) is 0.411. The molecule has 180 valence electrons. The minimum absolute atomic E-state index is 0.0452. The van der Waals surface area contributed by atoms with Gasteiger partial charge in [-0.1, -0.05) is 42.5 Å². The van der Waals surface area contributed by atoms with Gasteiger partial charge in [0.25, 0.3) is 5.78 Å². The van der Waals surface area contributed by atoms with E-state index in [2.05, 4.69) is 20.4 Å². The van der Waals surface area contributed by atoms with E-state index in [0.29, 0.717) is 30.9 Å². The number of hydrogen-bond donors (Lipinski definition) is 1. The van der Waals surface area contributed by atoms with Gasteiger partial charge in [0.2, 0.25) is 11.8 Å². The molecule has 2 aromatic heterocycles. The van der Waals surface area contributed by atoms with E-state index in [1.54, 1.807) is 4.52 Å². The average molecular weight is 471 g/mol. The van der Waals surface area contributed by atoms with Gasteiger partial charge in [-0.05, 0) is 56.0 Å². The highest BCUT2D eigenvalue weighted by atomic mass is 16.2. The fraction of sp³-hybridized carbons (Fsp3) is 0.296. The Kier molecular flexibility index (Phi) is 7.19. The van der Waals surface area contributed by atoms with Gasteiger partial charge in [0.1, 0.15) is 6.33 Å². The Labute approximate surface area is 205 Å². The third-order valence-electron chi connectivity index (χ3n) is 6.25. The number of fused-ring (bicyclic) bond motifs is 1. The number of benzene rings is 2. The second-order valence-corrected chi connectivity index (χ2v) is 8.72. The molecule has 0 bridgehead atoms. The third-order valence-corrected chi connectivity index (χ3v) is 6.25. The summed E-state index contributed by atoms with van der Waals surface area (Å²) in [5.41, 5.74) is 5.55. The highest BCUT2D eigenvalue weighted by Crippen LogP contribution is 2.26. The van der Waals surface area contributed by atoms with Gasteiger partial charge >= 0.3 is 0 Å². The molecule has 1 atom stereocenters. The Balaban J connectivity index is 1.59. The lowest BCUT2D eigenvalue weighted by molar-refractivity contribution is -0.134. The Morgan fingerprint density at radius 2 is 1.86 bits per heavy atom. The normalized spacial score (nSPS) is 11.9. The molecule has 0 radical (unpaired) electrons. The van der Waals surface area contributed by atoms with Gasteiger partial charge in [0.15, 0.2) is 0 Å². The van der Waals surface area contributed by atoms with Crippen molar-refractivity contribution in [3.8, 4) is 0 Å². The lowest BCUT2D eigenvalue weighted by Gasteiger charge is -2.30. The van der Waals surface area contributed by atoms with Crippen LogP contribution in [0.4, 0.5) is 5.69 Å². The third kappa shape index (κ3) is 5.54. The maximum Gasteiger partial charge on any atom is 0.252 e. The highest BCUT2D eigenvalue weighted by molar-refractivity contribution is 5.88. The molecule has 4 aromatic rings. The summed E-state index contributed by atoms with van der Waals surface area (Å²) in [4.78, 5) is 35.8. The molecular weight excluding hydrogens is 440 g/mol. The first-order valence-corrected chi connectivity index (χ1v) is 11.7. The molecule has 8 heteroatoms.